The second-order valence-corrected chi connectivity index (χ2v) is 4.33. The molecule has 2 heterocycles. The van der Waals surface area contributed by atoms with Gasteiger partial charge in [-0.15, -0.1) is 0 Å². The van der Waals surface area contributed by atoms with Crippen molar-refractivity contribution in [2.24, 2.45) is 5.73 Å². The number of nitrogens with one attached hydrogen (secondary N) is 1. The van der Waals surface area contributed by atoms with Gasteiger partial charge in [-0.1, -0.05) is 11.6 Å². The number of hydrogen-bond donors (Lipinski definition) is 2. The highest BCUT2D eigenvalue weighted by Gasteiger charge is 2.24. The minimum absolute atomic E-state index is 0.155. The summed E-state index contributed by atoms with van der Waals surface area (Å²) in [6.07, 6.45) is 4.66. The molecule has 2 rings (SSSR count). The van der Waals surface area contributed by atoms with Crippen LogP contribution in [-0.4, -0.2) is 29.1 Å². The Balaban J connectivity index is 2.34. The second kappa shape index (κ2) is 4.84. The maximum absolute atomic E-state index is 11.4. The van der Waals surface area contributed by atoms with Crippen molar-refractivity contribution in [2.45, 2.75) is 25.3 Å². The monoisotopic (exact) mass is 242 g/mol. The highest BCUT2D eigenvalue weighted by Crippen LogP contribution is 2.26. The first-order chi connectivity index (χ1) is 7.74. The number of aromatic nitrogens is 2. The standard InChI is InChI=1S/C10H15ClN4O/c11-8-9(13-6-14-10(8)16)15-4-2-1-3-7(15)5-12/h6-7H,1-5,12H2,(H,13,14,16). The van der Waals surface area contributed by atoms with Crippen molar-refractivity contribution < 1.29 is 0 Å². The van der Waals surface area contributed by atoms with E-state index in [0.29, 0.717) is 12.4 Å². The predicted molar refractivity (Wildman–Crippen MR) is 63.9 cm³/mol. The van der Waals surface area contributed by atoms with Gasteiger partial charge in [-0.2, -0.15) is 0 Å². The van der Waals surface area contributed by atoms with E-state index < -0.39 is 0 Å². The molecule has 0 bridgehead atoms. The van der Waals surface area contributed by atoms with Gasteiger partial charge in [0.15, 0.2) is 5.82 Å². The van der Waals surface area contributed by atoms with Gasteiger partial charge in [-0.3, -0.25) is 4.79 Å². The summed E-state index contributed by atoms with van der Waals surface area (Å²) in [5.74, 6) is 0.556. The normalized spacial score (nSPS) is 21.1. The molecule has 0 saturated carbocycles. The molecule has 1 saturated heterocycles. The van der Waals surface area contributed by atoms with E-state index in [0.717, 1.165) is 19.4 Å². The van der Waals surface area contributed by atoms with E-state index in [1.165, 1.54) is 12.7 Å². The molecule has 3 N–H and O–H groups in total. The lowest BCUT2D eigenvalue weighted by Crippen LogP contribution is -2.45. The number of anilines is 1. The third kappa shape index (κ3) is 2.05. The average Bonchev–Trinajstić information content (AvgIpc) is 2.33. The van der Waals surface area contributed by atoms with Crippen LogP contribution in [0.2, 0.25) is 5.02 Å². The molecule has 6 heteroatoms. The van der Waals surface area contributed by atoms with Crippen molar-refractivity contribution in [3.63, 3.8) is 0 Å². The Morgan fingerprint density at radius 3 is 3.19 bits per heavy atom. The number of nitrogens with zero attached hydrogens (tertiary/aromatic N) is 2. The summed E-state index contributed by atoms with van der Waals surface area (Å²) in [6.45, 7) is 1.42. The van der Waals surface area contributed by atoms with Crippen molar-refractivity contribution in [2.75, 3.05) is 18.0 Å². The summed E-state index contributed by atoms with van der Waals surface area (Å²) >= 11 is 5.96. The molecule has 1 atom stereocenters. The summed E-state index contributed by atoms with van der Waals surface area (Å²) in [7, 11) is 0. The van der Waals surface area contributed by atoms with Crippen LogP contribution in [0.1, 0.15) is 19.3 Å². The number of piperidine rings is 1. The number of rotatable bonds is 2. The van der Waals surface area contributed by atoms with Gasteiger partial charge < -0.3 is 15.6 Å². The molecule has 1 unspecified atom stereocenters. The zero-order chi connectivity index (χ0) is 11.5. The lowest BCUT2D eigenvalue weighted by molar-refractivity contribution is 0.462. The van der Waals surface area contributed by atoms with Crippen LogP contribution in [0.3, 0.4) is 0 Å². The number of nitrogens with two attached hydrogens (primary N) is 1. The Kier molecular flexibility index (Phi) is 3.46. The topological polar surface area (TPSA) is 75.0 Å². The molecule has 1 fully saturated rings. The van der Waals surface area contributed by atoms with E-state index in [4.69, 9.17) is 17.3 Å². The molecule has 88 valence electrons. The van der Waals surface area contributed by atoms with Crippen LogP contribution in [0.4, 0.5) is 5.82 Å². The van der Waals surface area contributed by atoms with Crippen molar-refractivity contribution in [3.8, 4) is 0 Å². The van der Waals surface area contributed by atoms with Gasteiger partial charge in [0.2, 0.25) is 0 Å². The van der Waals surface area contributed by atoms with Gasteiger partial charge in [0.25, 0.3) is 5.56 Å². The lowest BCUT2D eigenvalue weighted by Gasteiger charge is -2.36. The first-order valence-electron chi connectivity index (χ1n) is 5.44. The molecule has 0 amide bonds. The SMILES string of the molecule is NCC1CCCCN1c1nc[nH]c(=O)c1Cl. The molecule has 16 heavy (non-hydrogen) atoms. The Hall–Kier alpha value is -1.07. The highest BCUT2D eigenvalue weighted by atomic mass is 35.5. The molecule has 0 radical (unpaired) electrons. The van der Waals surface area contributed by atoms with Gasteiger partial charge in [0.1, 0.15) is 5.02 Å². The molecule has 5 nitrogen and oxygen atoms in total. The first-order valence-corrected chi connectivity index (χ1v) is 5.81. The molecular weight excluding hydrogens is 228 g/mol. The molecule has 0 aliphatic carbocycles. The van der Waals surface area contributed by atoms with E-state index in [1.807, 2.05) is 4.90 Å². The minimum atomic E-state index is -0.298. The van der Waals surface area contributed by atoms with E-state index >= 15 is 0 Å². The number of hydrogen-bond acceptors (Lipinski definition) is 4. The van der Waals surface area contributed by atoms with Gasteiger partial charge in [-0.05, 0) is 19.3 Å². The molecular formula is C10H15ClN4O. The highest BCUT2D eigenvalue weighted by molar-refractivity contribution is 6.32. The Morgan fingerprint density at radius 1 is 1.62 bits per heavy atom. The van der Waals surface area contributed by atoms with Crippen molar-refractivity contribution in [1.29, 1.82) is 0 Å². The number of halogens is 1. The van der Waals surface area contributed by atoms with E-state index in [1.54, 1.807) is 0 Å². The van der Waals surface area contributed by atoms with Crippen LogP contribution in [0.5, 0.6) is 0 Å². The molecule has 0 aromatic carbocycles. The summed E-state index contributed by atoms with van der Waals surface area (Å²) in [5, 5.41) is 0.155. The third-order valence-corrected chi connectivity index (χ3v) is 3.29. The van der Waals surface area contributed by atoms with Crippen molar-refractivity contribution in [3.05, 3.63) is 21.7 Å². The predicted octanol–water partition coefficient (Wildman–Crippen LogP) is 0.741. The zero-order valence-electron chi connectivity index (χ0n) is 8.95. The summed E-state index contributed by atoms with van der Waals surface area (Å²) in [6, 6.07) is 0.237. The van der Waals surface area contributed by atoms with Crippen molar-refractivity contribution in [1.82, 2.24) is 9.97 Å². The third-order valence-electron chi connectivity index (χ3n) is 2.95. The molecule has 1 aliphatic rings. The Bertz CT molecular complexity index is 420. The minimum Gasteiger partial charge on any atom is -0.351 e. The van der Waals surface area contributed by atoms with Gasteiger partial charge >= 0.3 is 0 Å². The molecule has 1 aromatic heterocycles. The maximum Gasteiger partial charge on any atom is 0.271 e. The van der Waals surface area contributed by atoms with Gasteiger partial charge in [0, 0.05) is 19.1 Å². The van der Waals surface area contributed by atoms with Crippen LogP contribution in [0.15, 0.2) is 11.1 Å². The zero-order valence-corrected chi connectivity index (χ0v) is 9.70. The fourth-order valence-electron chi connectivity index (χ4n) is 2.10. The van der Waals surface area contributed by atoms with Gasteiger partial charge in [0.05, 0.1) is 6.33 Å². The Labute approximate surface area is 98.6 Å². The van der Waals surface area contributed by atoms with E-state index in [2.05, 4.69) is 9.97 Å². The second-order valence-electron chi connectivity index (χ2n) is 3.95. The number of H-pyrrole nitrogens is 1. The maximum atomic E-state index is 11.4. The van der Waals surface area contributed by atoms with Gasteiger partial charge in [-0.25, -0.2) is 4.98 Å². The summed E-state index contributed by atoms with van der Waals surface area (Å²) in [4.78, 5) is 20.0. The van der Waals surface area contributed by atoms with Crippen LogP contribution in [0.25, 0.3) is 0 Å². The van der Waals surface area contributed by atoms with Crippen LogP contribution in [0, 0.1) is 0 Å². The smallest absolute Gasteiger partial charge is 0.271 e. The van der Waals surface area contributed by atoms with Crippen molar-refractivity contribution >= 4 is 17.4 Å². The molecule has 1 aromatic rings. The fraction of sp³-hybridized carbons (Fsp3) is 0.600. The number of aromatic amines is 1. The first kappa shape index (κ1) is 11.4. The average molecular weight is 243 g/mol. The fourth-order valence-corrected chi connectivity index (χ4v) is 2.31. The quantitative estimate of drug-likeness (QED) is 0.802. The molecule has 0 spiro atoms. The van der Waals surface area contributed by atoms with Crippen LogP contribution >= 0.6 is 11.6 Å². The van der Waals surface area contributed by atoms with E-state index in [9.17, 15) is 4.79 Å². The Morgan fingerprint density at radius 2 is 2.44 bits per heavy atom. The van der Waals surface area contributed by atoms with Crippen LogP contribution < -0.4 is 16.2 Å². The lowest BCUT2D eigenvalue weighted by atomic mass is 10.0. The van der Waals surface area contributed by atoms with Crippen LogP contribution in [-0.2, 0) is 0 Å². The summed E-state index contributed by atoms with van der Waals surface area (Å²) < 4.78 is 0. The summed E-state index contributed by atoms with van der Waals surface area (Å²) in [5.41, 5.74) is 5.42. The van der Waals surface area contributed by atoms with E-state index in [-0.39, 0.29) is 16.6 Å². The molecule has 1 aliphatic heterocycles. The largest absolute Gasteiger partial charge is 0.351 e.